The Morgan fingerprint density at radius 1 is 1.44 bits per heavy atom. The van der Waals surface area contributed by atoms with Crippen molar-refractivity contribution in [2.45, 2.75) is 26.3 Å². The van der Waals surface area contributed by atoms with E-state index in [1.807, 2.05) is 6.92 Å². The molecule has 0 unspecified atom stereocenters. The molecule has 0 aliphatic rings. The molecule has 2 amide bonds. The van der Waals surface area contributed by atoms with E-state index >= 15 is 0 Å². The second-order valence-corrected chi connectivity index (χ2v) is 6.94. The molecule has 0 saturated carbocycles. The highest BCUT2D eigenvalue weighted by Crippen LogP contribution is 2.32. The minimum absolute atomic E-state index is 0.167. The Labute approximate surface area is 127 Å². The highest BCUT2D eigenvalue weighted by atomic mass is 79.9. The SMILES string of the molecule is CCCNC(=O)[C@@H](C)NC(=O)c1cc(Br)c(Br)s1. The Morgan fingerprint density at radius 3 is 2.61 bits per heavy atom. The Hall–Kier alpha value is -0.400. The van der Waals surface area contributed by atoms with Crippen molar-refractivity contribution in [3.8, 4) is 0 Å². The first-order valence-corrected chi connectivity index (χ1v) is 7.89. The third kappa shape index (κ3) is 4.37. The van der Waals surface area contributed by atoms with Crippen molar-refractivity contribution in [2.75, 3.05) is 6.54 Å². The average Bonchev–Trinajstić information content (AvgIpc) is 2.66. The molecule has 0 bridgehead atoms. The third-order valence-electron chi connectivity index (χ3n) is 2.16. The number of thiophene rings is 1. The second-order valence-electron chi connectivity index (χ2n) is 3.72. The summed E-state index contributed by atoms with van der Waals surface area (Å²) in [5.41, 5.74) is 0. The molecular weight excluding hydrogens is 384 g/mol. The molecule has 100 valence electrons. The molecule has 0 aliphatic heterocycles. The fourth-order valence-corrected chi connectivity index (χ4v) is 3.13. The second kappa shape index (κ2) is 7.25. The summed E-state index contributed by atoms with van der Waals surface area (Å²) in [5.74, 6) is -0.412. The summed E-state index contributed by atoms with van der Waals surface area (Å²) >= 11 is 7.96. The average molecular weight is 398 g/mol. The Bertz CT molecular complexity index is 429. The minimum atomic E-state index is -0.538. The molecule has 0 spiro atoms. The van der Waals surface area contributed by atoms with Gasteiger partial charge in [-0.2, -0.15) is 0 Å². The van der Waals surface area contributed by atoms with E-state index in [1.54, 1.807) is 13.0 Å². The molecule has 1 heterocycles. The van der Waals surface area contributed by atoms with E-state index in [-0.39, 0.29) is 11.8 Å². The Balaban J connectivity index is 2.56. The van der Waals surface area contributed by atoms with Crippen LogP contribution in [0, 0.1) is 0 Å². The van der Waals surface area contributed by atoms with Gasteiger partial charge in [-0.3, -0.25) is 9.59 Å². The lowest BCUT2D eigenvalue weighted by Gasteiger charge is -2.12. The topological polar surface area (TPSA) is 58.2 Å². The molecule has 0 saturated heterocycles. The molecule has 4 nitrogen and oxygen atoms in total. The van der Waals surface area contributed by atoms with Gasteiger partial charge in [0.2, 0.25) is 5.91 Å². The highest BCUT2D eigenvalue weighted by Gasteiger charge is 2.18. The van der Waals surface area contributed by atoms with Gasteiger partial charge in [-0.15, -0.1) is 11.3 Å². The van der Waals surface area contributed by atoms with Crippen LogP contribution in [0.1, 0.15) is 29.9 Å². The normalized spacial score (nSPS) is 12.0. The summed E-state index contributed by atoms with van der Waals surface area (Å²) in [6, 6.07) is 1.18. The Morgan fingerprint density at radius 2 is 2.11 bits per heavy atom. The van der Waals surface area contributed by atoms with E-state index in [9.17, 15) is 9.59 Å². The molecule has 0 fully saturated rings. The number of carbonyl (C=O) groups is 2. The summed E-state index contributed by atoms with van der Waals surface area (Å²) in [6.45, 7) is 4.26. The maximum absolute atomic E-state index is 11.9. The molecule has 1 rings (SSSR count). The van der Waals surface area contributed by atoms with Crippen LogP contribution in [-0.2, 0) is 4.79 Å². The van der Waals surface area contributed by atoms with Gasteiger partial charge in [0.05, 0.1) is 8.66 Å². The lowest BCUT2D eigenvalue weighted by Crippen LogP contribution is -2.44. The number of rotatable bonds is 5. The number of hydrogen-bond donors (Lipinski definition) is 2. The highest BCUT2D eigenvalue weighted by molar-refractivity contribution is 9.13. The van der Waals surface area contributed by atoms with Crippen LogP contribution >= 0.6 is 43.2 Å². The maximum atomic E-state index is 11.9. The predicted octanol–water partition coefficient (Wildman–Crippen LogP) is 2.92. The largest absolute Gasteiger partial charge is 0.354 e. The zero-order chi connectivity index (χ0) is 13.7. The van der Waals surface area contributed by atoms with Crippen molar-refractivity contribution in [3.63, 3.8) is 0 Å². The fourth-order valence-electron chi connectivity index (χ4n) is 1.19. The van der Waals surface area contributed by atoms with Crippen LogP contribution in [0.5, 0.6) is 0 Å². The summed E-state index contributed by atoms with van der Waals surface area (Å²) < 4.78 is 1.69. The first-order valence-electron chi connectivity index (χ1n) is 5.49. The molecule has 0 radical (unpaired) electrons. The number of carbonyl (C=O) groups excluding carboxylic acids is 2. The first-order chi connectivity index (χ1) is 8.45. The van der Waals surface area contributed by atoms with Crippen molar-refractivity contribution in [1.82, 2.24) is 10.6 Å². The van der Waals surface area contributed by atoms with Crippen LogP contribution in [-0.4, -0.2) is 24.4 Å². The number of hydrogen-bond acceptors (Lipinski definition) is 3. The monoisotopic (exact) mass is 396 g/mol. The molecule has 1 aromatic rings. The standard InChI is InChI=1S/C11H14Br2N2O2S/c1-3-4-14-10(16)6(2)15-11(17)8-5-7(12)9(13)18-8/h5-6H,3-4H2,1-2H3,(H,14,16)(H,15,17)/t6-/m1/s1. The molecule has 0 aromatic carbocycles. The van der Waals surface area contributed by atoms with E-state index in [2.05, 4.69) is 42.5 Å². The van der Waals surface area contributed by atoms with Crippen LogP contribution < -0.4 is 10.6 Å². The van der Waals surface area contributed by atoms with Gasteiger partial charge in [0.15, 0.2) is 0 Å². The number of halogens is 2. The molecule has 0 aliphatic carbocycles. The smallest absolute Gasteiger partial charge is 0.262 e. The summed E-state index contributed by atoms with van der Waals surface area (Å²) in [5, 5.41) is 5.40. The van der Waals surface area contributed by atoms with Crippen molar-refractivity contribution >= 4 is 55.0 Å². The van der Waals surface area contributed by atoms with Crippen molar-refractivity contribution in [3.05, 3.63) is 19.2 Å². The first kappa shape index (κ1) is 15.7. The molecule has 2 N–H and O–H groups in total. The van der Waals surface area contributed by atoms with E-state index in [4.69, 9.17) is 0 Å². The number of nitrogens with one attached hydrogen (secondary N) is 2. The van der Waals surface area contributed by atoms with Crippen LogP contribution in [0.25, 0.3) is 0 Å². The van der Waals surface area contributed by atoms with Gasteiger partial charge in [0.1, 0.15) is 6.04 Å². The molecular formula is C11H14Br2N2O2S. The van der Waals surface area contributed by atoms with Crippen LogP contribution in [0.4, 0.5) is 0 Å². The summed E-state index contributed by atoms with van der Waals surface area (Å²) in [6.07, 6.45) is 0.872. The zero-order valence-electron chi connectivity index (χ0n) is 10.0. The molecule has 18 heavy (non-hydrogen) atoms. The fraction of sp³-hybridized carbons (Fsp3) is 0.455. The van der Waals surface area contributed by atoms with Gasteiger partial charge in [-0.25, -0.2) is 0 Å². The van der Waals surface area contributed by atoms with Gasteiger partial charge in [-0.1, -0.05) is 6.92 Å². The van der Waals surface area contributed by atoms with Crippen molar-refractivity contribution < 1.29 is 9.59 Å². The molecule has 7 heteroatoms. The molecule has 1 aromatic heterocycles. The van der Waals surface area contributed by atoms with Crippen LogP contribution in [0.2, 0.25) is 0 Å². The third-order valence-corrected chi connectivity index (χ3v) is 5.41. The van der Waals surface area contributed by atoms with Crippen LogP contribution in [0.3, 0.4) is 0 Å². The Kier molecular flexibility index (Phi) is 6.31. The summed E-state index contributed by atoms with van der Waals surface area (Å²) in [4.78, 5) is 24.0. The number of amides is 2. The van der Waals surface area contributed by atoms with E-state index < -0.39 is 6.04 Å². The molecule has 1 atom stereocenters. The zero-order valence-corrected chi connectivity index (χ0v) is 14.0. The van der Waals surface area contributed by atoms with E-state index in [0.717, 1.165) is 14.7 Å². The van der Waals surface area contributed by atoms with Gasteiger partial charge >= 0.3 is 0 Å². The summed E-state index contributed by atoms with van der Waals surface area (Å²) in [7, 11) is 0. The van der Waals surface area contributed by atoms with Crippen molar-refractivity contribution in [1.29, 1.82) is 0 Å². The quantitative estimate of drug-likeness (QED) is 0.802. The maximum Gasteiger partial charge on any atom is 0.262 e. The van der Waals surface area contributed by atoms with Crippen LogP contribution in [0.15, 0.2) is 14.3 Å². The van der Waals surface area contributed by atoms with Gasteiger partial charge in [0, 0.05) is 11.0 Å². The lowest BCUT2D eigenvalue weighted by atomic mass is 10.3. The van der Waals surface area contributed by atoms with E-state index in [1.165, 1.54) is 11.3 Å². The predicted molar refractivity (Wildman–Crippen MR) is 79.9 cm³/mol. The van der Waals surface area contributed by atoms with Gasteiger partial charge < -0.3 is 10.6 Å². The van der Waals surface area contributed by atoms with E-state index in [0.29, 0.717) is 11.4 Å². The van der Waals surface area contributed by atoms with Crippen molar-refractivity contribution in [2.24, 2.45) is 0 Å². The van der Waals surface area contributed by atoms with Gasteiger partial charge in [-0.05, 0) is 51.3 Å². The lowest BCUT2D eigenvalue weighted by molar-refractivity contribution is -0.122. The van der Waals surface area contributed by atoms with Gasteiger partial charge in [0.25, 0.3) is 5.91 Å². The minimum Gasteiger partial charge on any atom is -0.354 e.